The van der Waals surface area contributed by atoms with Crippen LogP contribution in [0.1, 0.15) is 45.1 Å². The van der Waals surface area contributed by atoms with Crippen molar-refractivity contribution in [2.75, 3.05) is 25.0 Å². The van der Waals surface area contributed by atoms with Gasteiger partial charge < -0.3 is 10.1 Å². The Hall–Kier alpha value is -2.09. The summed E-state index contributed by atoms with van der Waals surface area (Å²) in [5, 5.41) is 3.17. The lowest BCUT2D eigenvalue weighted by molar-refractivity contribution is -0.120. The number of piperidine rings is 1. The molecule has 3 rings (SSSR count). The Morgan fingerprint density at radius 3 is 2.55 bits per heavy atom. The summed E-state index contributed by atoms with van der Waals surface area (Å²) in [5.74, 6) is 0.286. The second kappa shape index (κ2) is 10.0. The third kappa shape index (κ3) is 5.59. The minimum absolute atomic E-state index is 0.103. The number of rotatable bonds is 7. The van der Waals surface area contributed by atoms with Crippen LogP contribution in [-0.2, 0) is 14.8 Å². The molecule has 1 atom stereocenters. The van der Waals surface area contributed by atoms with E-state index in [1.165, 1.54) is 22.0 Å². The molecule has 0 unspecified atom stereocenters. The van der Waals surface area contributed by atoms with Crippen molar-refractivity contribution in [3.63, 3.8) is 0 Å². The van der Waals surface area contributed by atoms with E-state index in [9.17, 15) is 13.2 Å². The van der Waals surface area contributed by atoms with Crippen LogP contribution in [0.5, 0.6) is 5.75 Å². The minimum atomic E-state index is -3.76. The molecule has 2 aromatic carbocycles. The number of carbonyl (C=O) groups excluding carboxylic acids is 1. The summed E-state index contributed by atoms with van der Waals surface area (Å²) in [6, 6.07) is 12.2. The van der Waals surface area contributed by atoms with Gasteiger partial charge in [-0.2, -0.15) is 4.31 Å². The van der Waals surface area contributed by atoms with Crippen LogP contribution in [-0.4, -0.2) is 38.3 Å². The topological polar surface area (TPSA) is 75.7 Å². The molecule has 31 heavy (non-hydrogen) atoms. The van der Waals surface area contributed by atoms with Crippen molar-refractivity contribution < 1.29 is 17.9 Å². The number of hydrogen-bond acceptors (Lipinski definition) is 4. The Kier molecular flexibility index (Phi) is 7.62. The maximum atomic E-state index is 13.1. The molecular weight excluding hydrogens is 436 g/mol. The van der Waals surface area contributed by atoms with E-state index in [1.807, 2.05) is 31.2 Å². The lowest BCUT2D eigenvalue weighted by Crippen LogP contribution is -2.43. The first-order valence-corrected chi connectivity index (χ1v) is 12.4. The predicted molar refractivity (Wildman–Crippen MR) is 123 cm³/mol. The Balaban J connectivity index is 1.70. The van der Waals surface area contributed by atoms with Gasteiger partial charge in [0, 0.05) is 18.8 Å². The maximum absolute atomic E-state index is 13.1. The molecule has 1 amide bonds. The highest BCUT2D eigenvalue weighted by molar-refractivity contribution is 7.89. The van der Waals surface area contributed by atoms with Crippen molar-refractivity contribution in [3.8, 4) is 5.75 Å². The molecule has 1 fully saturated rings. The summed E-state index contributed by atoms with van der Waals surface area (Å²) < 4.78 is 33.0. The molecule has 0 radical (unpaired) electrons. The summed E-state index contributed by atoms with van der Waals surface area (Å²) in [6.45, 7) is 7.01. The van der Waals surface area contributed by atoms with E-state index in [4.69, 9.17) is 16.3 Å². The molecular formula is C23H29ClN2O4S. The molecule has 168 valence electrons. The number of carbonyl (C=O) groups is 1. The number of benzene rings is 2. The van der Waals surface area contributed by atoms with Gasteiger partial charge in [-0.05, 0) is 61.6 Å². The van der Waals surface area contributed by atoms with Crippen molar-refractivity contribution in [2.24, 2.45) is 5.92 Å². The van der Waals surface area contributed by atoms with Crippen LogP contribution in [0.25, 0.3) is 0 Å². The summed E-state index contributed by atoms with van der Waals surface area (Å²) in [5.41, 5.74) is 1.91. The van der Waals surface area contributed by atoms with Gasteiger partial charge in [-0.15, -0.1) is 0 Å². The quantitative estimate of drug-likeness (QED) is 0.632. The van der Waals surface area contributed by atoms with Gasteiger partial charge in [0.25, 0.3) is 0 Å². The average Bonchev–Trinajstić information content (AvgIpc) is 2.75. The lowest BCUT2D eigenvalue weighted by atomic mass is 9.98. The zero-order valence-corrected chi connectivity index (χ0v) is 19.7. The van der Waals surface area contributed by atoms with Crippen LogP contribution in [0.2, 0.25) is 5.02 Å². The van der Waals surface area contributed by atoms with Crippen molar-refractivity contribution in [1.82, 2.24) is 4.31 Å². The van der Waals surface area contributed by atoms with Crippen molar-refractivity contribution in [2.45, 2.75) is 44.4 Å². The van der Waals surface area contributed by atoms with Crippen molar-refractivity contribution >= 4 is 33.2 Å². The SMILES string of the molecule is CCOc1ccc(S(=O)(=O)N2CCC[C@@H](C(=O)Nc3ccc(C(C)C)cc3)C2)cc1Cl. The fourth-order valence-electron chi connectivity index (χ4n) is 3.63. The number of hydrogen-bond donors (Lipinski definition) is 1. The van der Waals surface area contributed by atoms with E-state index in [1.54, 1.807) is 6.07 Å². The molecule has 0 aliphatic carbocycles. The summed E-state index contributed by atoms with van der Waals surface area (Å²) in [4.78, 5) is 12.9. The predicted octanol–water partition coefficient (Wildman–Crippen LogP) is 4.90. The monoisotopic (exact) mass is 464 g/mol. The van der Waals surface area contributed by atoms with Gasteiger partial charge in [-0.3, -0.25) is 4.79 Å². The maximum Gasteiger partial charge on any atom is 0.243 e. The highest BCUT2D eigenvalue weighted by atomic mass is 35.5. The number of sulfonamides is 1. The van der Waals surface area contributed by atoms with Gasteiger partial charge in [0.15, 0.2) is 0 Å². The first kappa shape index (κ1) is 23.6. The van der Waals surface area contributed by atoms with E-state index in [-0.39, 0.29) is 22.4 Å². The smallest absolute Gasteiger partial charge is 0.243 e. The van der Waals surface area contributed by atoms with Gasteiger partial charge >= 0.3 is 0 Å². The van der Waals surface area contributed by atoms with E-state index in [2.05, 4.69) is 19.2 Å². The molecule has 1 saturated heterocycles. The molecule has 0 bridgehead atoms. The van der Waals surface area contributed by atoms with Crippen LogP contribution in [0.4, 0.5) is 5.69 Å². The van der Waals surface area contributed by atoms with E-state index in [0.717, 1.165) is 0 Å². The molecule has 2 aromatic rings. The van der Waals surface area contributed by atoms with Crippen LogP contribution in [0.3, 0.4) is 0 Å². The van der Waals surface area contributed by atoms with Gasteiger partial charge in [-0.1, -0.05) is 37.6 Å². The van der Waals surface area contributed by atoms with E-state index in [0.29, 0.717) is 43.3 Å². The summed E-state index contributed by atoms with van der Waals surface area (Å²) in [6.07, 6.45) is 1.26. The largest absolute Gasteiger partial charge is 0.492 e. The normalized spacial score (nSPS) is 17.5. The second-order valence-electron chi connectivity index (χ2n) is 7.99. The molecule has 0 spiro atoms. The number of nitrogens with zero attached hydrogens (tertiary/aromatic N) is 1. The highest BCUT2D eigenvalue weighted by Crippen LogP contribution is 2.31. The zero-order chi connectivity index (χ0) is 22.6. The third-order valence-corrected chi connectivity index (χ3v) is 7.60. The second-order valence-corrected chi connectivity index (χ2v) is 10.3. The van der Waals surface area contributed by atoms with Gasteiger partial charge in [0.2, 0.25) is 15.9 Å². The summed E-state index contributed by atoms with van der Waals surface area (Å²) in [7, 11) is -3.76. The summed E-state index contributed by atoms with van der Waals surface area (Å²) >= 11 is 6.18. The van der Waals surface area contributed by atoms with E-state index < -0.39 is 15.9 Å². The fourth-order valence-corrected chi connectivity index (χ4v) is 5.48. The third-order valence-electron chi connectivity index (χ3n) is 5.44. The van der Waals surface area contributed by atoms with Crippen LogP contribution >= 0.6 is 11.6 Å². The molecule has 8 heteroatoms. The molecule has 1 aliphatic heterocycles. The van der Waals surface area contributed by atoms with Gasteiger partial charge in [-0.25, -0.2) is 8.42 Å². The molecule has 6 nitrogen and oxygen atoms in total. The van der Waals surface area contributed by atoms with Crippen LogP contribution in [0, 0.1) is 5.92 Å². The van der Waals surface area contributed by atoms with Gasteiger partial charge in [0.1, 0.15) is 5.75 Å². The Morgan fingerprint density at radius 2 is 1.94 bits per heavy atom. The molecule has 1 heterocycles. The number of ether oxygens (including phenoxy) is 1. The lowest BCUT2D eigenvalue weighted by Gasteiger charge is -2.31. The van der Waals surface area contributed by atoms with Crippen LogP contribution in [0.15, 0.2) is 47.4 Å². The number of nitrogens with one attached hydrogen (secondary N) is 1. The average molecular weight is 465 g/mol. The van der Waals surface area contributed by atoms with Crippen LogP contribution < -0.4 is 10.1 Å². The number of halogens is 1. The standard InChI is InChI=1S/C23H29ClN2O4S/c1-4-30-22-12-11-20(14-21(22)24)31(28,29)26-13-5-6-18(15-26)23(27)25-19-9-7-17(8-10-19)16(2)3/h7-12,14,16,18H,4-6,13,15H2,1-3H3,(H,25,27)/t18-/m1/s1. The molecule has 1 aliphatic rings. The number of amides is 1. The number of anilines is 1. The van der Waals surface area contributed by atoms with E-state index >= 15 is 0 Å². The van der Waals surface area contributed by atoms with Crippen molar-refractivity contribution in [1.29, 1.82) is 0 Å². The molecule has 1 N–H and O–H groups in total. The fraction of sp³-hybridized carbons (Fsp3) is 0.435. The Bertz CT molecular complexity index is 1020. The van der Waals surface area contributed by atoms with Crippen molar-refractivity contribution in [3.05, 3.63) is 53.1 Å². The zero-order valence-electron chi connectivity index (χ0n) is 18.1. The Morgan fingerprint density at radius 1 is 1.23 bits per heavy atom. The molecule has 0 saturated carbocycles. The molecule has 0 aromatic heterocycles. The first-order chi connectivity index (χ1) is 14.7. The first-order valence-electron chi connectivity index (χ1n) is 10.6. The van der Waals surface area contributed by atoms with Gasteiger partial charge in [0.05, 0.1) is 22.4 Å². The minimum Gasteiger partial charge on any atom is -0.492 e. The Labute approximate surface area is 189 Å². The highest BCUT2D eigenvalue weighted by Gasteiger charge is 2.33.